The summed E-state index contributed by atoms with van der Waals surface area (Å²) in [4.78, 5) is 46.3. The molecule has 3 N–H and O–H groups in total. The lowest BCUT2D eigenvalue weighted by atomic mass is 10.1. The van der Waals surface area contributed by atoms with Gasteiger partial charge in [0.1, 0.15) is 5.82 Å². The standard InChI is InChI=1S/C22H24BrN5O3/c1-14(2)8-9-27(21(30)16-10-17(23)12-25-11-16)18-19(24)28(22(31)26-20(18)29)13-15-6-4-3-5-7-15/h3-7,10-12,14H,8-9,13,24H2,1-2H3,(H,26,29,31). The first kappa shape index (κ1) is 22.5. The van der Waals surface area contributed by atoms with Crippen LogP contribution >= 0.6 is 15.9 Å². The molecule has 0 unspecified atom stereocenters. The van der Waals surface area contributed by atoms with Crippen LogP contribution in [0.4, 0.5) is 11.5 Å². The van der Waals surface area contributed by atoms with Gasteiger partial charge in [-0.05, 0) is 39.9 Å². The van der Waals surface area contributed by atoms with Gasteiger partial charge in [-0.25, -0.2) is 4.79 Å². The number of hydrogen-bond acceptors (Lipinski definition) is 5. The van der Waals surface area contributed by atoms with Gasteiger partial charge in [0, 0.05) is 23.4 Å². The van der Waals surface area contributed by atoms with Crippen molar-refractivity contribution in [3.8, 4) is 0 Å². The lowest BCUT2D eigenvalue weighted by Crippen LogP contribution is -2.42. The van der Waals surface area contributed by atoms with Crippen LogP contribution in [-0.2, 0) is 6.54 Å². The number of nitrogens with zero attached hydrogens (tertiary/aromatic N) is 3. The first-order valence-corrected chi connectivity index (χ1v) is 10.7. The van der Waals surface area contributed by atoms with Gasteiger partial charge in [-0.15, -0.1) is 0 Å². The molecular formula is C22H24BrN5O3. The van der Waals surface area contributed by atoms with E-state index < -0.39 is 17.2 Å². The van der Waals surface area contributed by atoms with Crippen LogP contribution in [0.25, 0.3) is 0 Å². The predicted octanol–water partition coefficient (Wildman–Crippen LogP) is 3.02. The fourth-order valence-electron chi connectivity index (χ4n) is 3.15. The number of pyridine rings is 1. The molecule has 2 heterocycles. The van der Waals surface area contributed by atoms with E-state index in [9.17, 15) is 14.4 Å². The number of benzene rings is 1. The Morgan fingerprint density at radius 3 is 2.58 bits per heavy atom. The van der Waals surface area contributed by atoms with Crippen molar-refractivity contribution in [2.45, 2.75) is 26.8 Å². The second-order valence-corrected chi connectivity index (χ2v) is 8.51. The molecule has 0 spiro atoms. The maximum absolute atomic E-state index is 13.3. The minimum absolute atomic E-state index is 0.0406. The van der Waals surface area contributed by atoms with Crippen molar-refractivity contribution < 1.29 is 4.79 Å². The molecule has 31 heavy (non-hydrogen) atoms. The molecule has 162 valence electrons. The number of carbonyl (C=O) groups excluding carboxylic acids is 1. The summed E-state index contributed by atoms with van der Waals surface area (Å²) < 4.78 is 1.90. The highest BCUT2D eigenvalue weighted by Gasteiger charge is 2.26. The molecule has 0 bridgehead atoms. The Hall–Kier alpha value is -3.20. The fourth-order valence-corrected chi connectivity index (χ4v) is 3.51. The van der Waals surface area contributed by atoms with Crippen LogP contribution < -0.4 is 21.9 Å². The van der Waals surface area contributed by atoms with Gasteiger partial charge in [0.15, 0.2) is 5.69 Å². The van der Waals surface area contributed by atoms with Gasteiger partial charge in [-0.2, -0.15) is 0 Å². The molecule has 0 radical (unpaired) electrons. The Bertz CT molecular complexity index is 1190. The van der Waals surface area contributed by atoms with Crippen LogP contribution in [0.1, 0.15) is 36.2 Å². The fraction of sp³-hybridized carbons (Fsp3) is 0.273. The highest BCUT2D eigenvalue weighted by Crippen LogP contribution is 2.22. The van der Waals surface area contributed by atoms with Crippen LogP contribution in [0.5, 0.6) is 0 Å². The molecule has 2 aromatic heterocycles. The predicted molar refractivity (Wildman–Crippen MR) is 124 cm³/mol. The number of hydrogen-bond donors (Lipinski definition) is 2. The van der Waals surface area contributed by atoms with E-state index in [2.05, 4.69) is 25.9 Å². The van der Waals surface area contributed by atoms with Crippen molar-refractivity contribution in [1.82, 2.24) is 14.5 Å². The zero-order valence-corrected chi connectivity index (χ0v) is 18.9. The van der Waals surface area contributed by atoms with E-state index in [0.717, 1.165) is 5.56 Å². The summed E-state index contributed by atoms with van der Waals surface area (Å²) in [6.45, 7) is 4.47. The molecule has 8 nitrogen and oxygen atoms in total. The molecule has 0 aliphatic rings. The van der Waals surface area contributed by atoms with E-state index in [1.54, 1.807) is 12.3 Å². The summed E-state index contributed by atoms with van der Waals surface area (Å²) in [5, 5.41) is 0. The van der Waals surface area contributed by atoms with Crippen LogP contribution in [-0.4, -0.2) is 27.0 Å². The molecule has 1 aromatic carbocycles. The minimum atomic E-state index is -0.702. The molecule has 0 saturated carbocycles. The summed E-state index contributed by atoms with van der Waals surface area (Å²) in [6.07, 6.45) is 3.64. The van der Waals surface area contributed by atoms with Crippen molar-refractivity contribution in [2.75, 3.05) is 17.2 Å². The van der Waals surface area contributed by atoms with Crippen LogP contribution in [0.3, 0.4) is 0 Å². The van der Waals surface area contributed by atoms with Crippen molar-refractivity contribution in [3.05, 3.63) is 85.2 Å². The number of rotatable bonds is 7. The average Bonchev–Trinajstić information content (AvgIpc) is 2.73. The second kappa shape index (κ2) is 9.74. The smallest absolute Gasteiger partial charge is 0.330 e. The highest BCUT2D eigenvalue weighted by molar-refractivity contribution is 9.10. The number of aromatic amines is 1. The van der Waals surface area contributed by atoms with E-state index in [1.807, 2.05) is 44.2 Å². The number of H-pyrrole nitrogens is 1. The molecule has 3 aromatic rings. The molecule has 1 amide bonds. The van der Waals surface area contributed by atoms with Gasteiger partial charge in [0.2, 0.25) is 0 Å². The molecule has 0 aliphatic carbocycles. The topological polar surface area (TPSA) is 114 Å². The Labute approximate surface area is 187 Å². The van der Waals surface area contributed by atoms with E-state index in [-0.39, 0.29) is 30.5 Å². The zero-order chi connectivity index (χ0) is 22.5. The van der Waals surface area contributed by atoms with Gasteiger partial charge < -0.3 is 10.6 Å². The molecule has 0 fully saturated rings. The van der Waals surface area contributed by atoms with Gasteiger partial charge in [-0.3, -0.25) is 24.1 Å². The number of amides is 1. The van der Waals surface area contributed by atoms with E-state index >= 15 is 0 Å². The summed E-state index contributed by atoms with van der Waals surface area (Å²) in [5.41, 5.74) is 6.08. The van der Waals surface area contributed by atoms with Gasteiger partial charge in [0.05, 0.1) is 12.1 Å². The van der Waals surface area contributed by atoms with Crippen LogP contribution in [0, 0.1) is 5.92 Å². The Morgan fingerprint density at radius 2 is 1.94 bits per heavy atom. The van der Waals surface area contributed by atoms with Crippen LogP contribution in [0.15, 0.2) is 62.9 Å². The number of anilines is 2. The number of aromatic nitrogens is 3. The largest absolute Gasteiger partial charge is 0.383 e. The lowest BCUT2D eigenvalue weighted by Gasteiger charge is -2.25. The number of nitrogen functional groups attached to an aromatic ring is 1. The zero-order valence-electron chi connectivity index (χ0n) is 17.3. The van der Waals surface area contributed by atoms with Gasteiger partial charge in [0.25, 0.3) is 11.5 Å². The van der Waals surface area contributed by atoms with E-state index in [0.29, 0.717) is 16.5 Å². The molecule has 9 heteroatoms. The summed E-state index contributed by atoms with van der Waals surface area (Å²) >= 11 is 3.31. The number of nitrogens with one attached hydrogen (secondary N) is 1. The van der Waals surface area contributed by atoms with Crippen LogP contribution in [0.2, 0.25) is 0 Å². The second-order valence-electron chi connectivity index (χ2n) is 7.60. The summed E-state index contributed by atoms with van der Waals surface area (Å²) in [6, 6.07) is 10.9. The van der Waals surface area contributed by atoms with Crippen molar-refractivity contribution in [3.63, 3.8) is 0 Å². The maximum Gasteiger partial charge on any atom is 0.330 e. The molecule has 0 atom stereocenters. The third-order valence-electron chi connectivity index (χ3n) is 4.79. The molecular weight excluding hydrogens is 462 g/mol. The van der Waals surface area contributed by atoms with Crippen molar-refractivity contribution in [2.24, 2.45) is 5.92 Å². The quantitative estimate of drug-likeness (QED) is 0.533. The number of carbonyl (C=O) groups is 1. The van der Waals surface area contributed by atoms with Crippen molar-refractivity contribution >= 4 is 33.3 Å². The minimum Gasteiger partial charge on any atom is -0.383 e. The van der Waals surface area contributed by atoms with E-state index in [1.165, 1.54) is 15.7 Å². The summed E-state index contributed by atoms with van der Waals surface area (Å²) in [7, 11) is 0. The lowest BCUT2D eigenvalue weighted by molar-refractivity contribution is 0.0985. The average molecular weight is 486 g/mol. The molecule has 0 saturated heterocycles. The molecule has 3 rings (SSSR count). The number of nitrogens with two attached hydrogens (primary N) is 1. The summed E-state index contributed by atoms with van der Waals surface area (Å²) in [5.74, 6) is -0.194. The van der Waals surface area contributed by atoms with E-state index in [4.69, 9.17) is 5.73 Å². The highest BCUT2D eigenvalue weighted by atomic mass is 79.9. The Morgan fingerprint density at radius 1 is 1.23 bits per heavy atom. The normalized spacial score (nSPS) is 11.0. The monoisotopic (exact) mass is 485 g/mol. The van der Waals surface area contributed by atoms with Gasteiger partial charge in [-0.1, -0.05) is 44.2 Å². The Kier molecular flexibility index (Phi) is 7.06. The third-order valence-corrected chi connectivity index (χ3v) is 5.23. The first-order valence-electron chi connectivity index (χ1n) is 9.87. The number of halogens is 1. The SMILES string of the molecule is CC(C)CCN(C(=O)c1cncc(Br)c1)c1c(N)n(Cc2ccccc2)c(=O)[nH]c1=O. The third kappa shape index (κ3) is 5.29. The van der Waals surface area contributed by atoms with Gasteiger partial charge >= 0.3 is 5.69 Å². The molecule has 0 aliphatic heterocycles. The Balaban J connectivity index is 2.11. The van der Waals surface area contributed by atoms with Crippen molar-refractivity contribution in [1.29, 1.82) is 0 Å². The first-order chi connectivity index (χ1) is 14.8. The maximum atomic E-state index is 13.3.